The summed E-state index contributed by atoms with van der Waals surface area (Å²) in [5.41, 5.74) is 0.849. The average Bonchev–Trinajstić information content (AvgIpc) is 3.16. The smallest absolute Gasteiger partial charge is 0.243 e. The predicted molar refractivity (Wildman–Crippen MR) is 90.3 cm³/mol. The Morgan fingerprint density at radius 2 is 1.88 bits per heavy atom. The largest absolute Gasteiger partial charge is 0.339 e. The van der Waals surface area contributed by atoms with Crippen LogP contribution in [0.1, 0.15) is 50.4 Å². The van der Waals surface area contributed by atoms with Crippen LogP contribution in [-0.2, 0) is 15.4 Å². The molecule has 0 aliphatic carbocycles. The molecule has 1 aliphatic rings. The molecule has 1 aromatic carbocycles. The molecule has 0 radical (unpaired) electrons. The number of hydrogen-bond donors (Lipinski definition) is 0. The van der Waals surface area contributed by atoms with Crippen LogP contribution in [0, 0.1) is 6.92 Å². The quantitative estimate of drug-likeness (QED) is 0.851. The van der Waals surface area contributed by atoms with Gasteiger partial charge in [-0.05, 0) is 25.5 Å². The molecule has 7 heteroatoms. The van der Waals surface area contributed by atoms with Gasteiger partial charge in [0, 0.05) is 18.5 Å². The number of aromatic nitrogens is 2. The molecule has 0 saturated carbocycles. The molecule has 1 aliphatic heterocycles. The van der Waals surface area contributed by atoms with Crippen LogP contribution in [0.15, 0.2) is 33.7 Å². The summed E-state index contributed by atoms with van der Waals surface area (Å²) in [6.07, 6.45) is 0.691. The first kappa shape index (κ1) is 17.1. The molecule has 1 aromatic heterocycles. The van der Waals surface area contributed by atoms with Crippen LogP contribution in [0.5, 0.6) is 0 Å². The minimum absolute atomic E-state index is 0.0474. The lowest BCUT2D eigenvalue weighted by molar-refractivity contribution is 0.343. The number of benzene rings is 1. The van der Waals surface area contributed by atoms with E-state index in [0.29, 0.717) is 36.1 Å². The molecule has 0 unspecified atom stereocenters. The van der Waals surface area contributed by atoms with E-state index < -0.39 is 10.0 Å². The average molecular weight is 349 g/mol. The molecule has 2 heterocycles. The third kappa shape index (κ3) is 3.23. The molecule has 0 bridgehead atoms. The maximum Gasteiger partial charge on any atom is 0.243 e. The van der Waals surface area contributed by atoms with Gasteiger partial charge in [0.1, 0.15) is 0 Å². The van der Waals surface area contributed by atoms with Gasteiger partial charge in [-0.15, -0.1) is 0 Å². The number of nitrogens with zero attached hydrogens (tertiary/aromatic N) is 3. The molecule has 3 rings (SSSR count). The minimum atomic E-state index is -3.47. The van der Waals surface area contributed by atoms with Crippen LogP contribution in [0.25, 0.3) is 0 Å². The fourth-order valence-electron chi connectivity index (χ4n) is 2.71. The van der Waals surface area contributed by atoms with Crippen LogP contribution in [0.4, 0.5) is 0 Å². The molecule has 1 saturated heterocycles. The SMILES string of the molecule is Cc1ccc(S(=O)(=O)N2CC[C@@H](c3nc(C(C)(C)C)no3)C2)cc1. The Morgan fingerprint density at radius 1 is 1.21 bits per heavy atom. The Hall–Kier alpha value is -1.73. The monoisotopic (exact) mass is 349 g/mol. The Labute approximate surface area is 142 Å². The van der Waals surface area contributed by atoms with E-state index in [1.54, 1.807) is 12.1 Å². The van der Waals surface area contributed by atoms with Crippen molar-refractivity contribution in [2.24, 2.45) is 0 Å². The first-order valence-electron chi connectivity index (χ1n) is 8.09. The maximum absolute atomic E-state index is 12.7. The lowest BCUT2D eigenvalue weighted by atomic mass is 9.96. The highest BCUT2D eigenvalue weighted by Gasteiger charge is 2.36. The molecular formula is C17H23N3O3S. The van der Waals surface area contributed by atoms with E-state index in [9.17, 15) is 8.42 Å². The van der Waals surface area contributed by atoms with Gasteiger partial charge in [-0.25, -0.2) is 8.42 Å². The van der Waals surface area contributed by atoms with Crippen molar-refractivity contribution in [1.82, 2.24) is 14.4 Å². The molecule has 130 valence electrons. The first-order valence-corrected chi connectivity index (χ1v) is 9.53. The van der Waals surface area contributed by atoms with Gasteiger partial charge in [0.15, 0.2) is 5.82 Å². The first-order chi connectivity index (χ1) is 11.2. The summed E-state index contributed by atoms with van der Waals surface area (Å²) >= 11 is 0. The summed E-state index contributed by atoms with van der Waals surface area (Å²) in [7, 11) is -3.47. The van der Waals surface area contributed by atoms with E-state index in [1.165, 1.54) is 4.31 Å². The molecule has 1 fully saturated rings. The topological polar surface area (TPSA) is 76.3 Å². The van der Waals surface area contributed by atoms with Crippen molar-refractivity contribution >= 4 is 10.0 Å². The summed E-state index contributed by atoms with van der Waals surface area (Å²) < 4.78 is 32.4. The van der Waals surface area contributed by atoms with Gasteiger partial charge in [0.05, 0.1) is 10.8 Å². The summed E-state index contributed by atoms with van der Waals surface area (Å²) in [4.78, 5) is 4.79. The van der Waals surface area contributed by atoms with E-state index in [0.717, 1.165) is 5.56 Å². The van der Waals surface area contributed by atoms with Gasteiger partial charge in [-0.3, -0.25) is 0 Å². The van der Waals surface area contributed by atoms with Crippen molar-refractivity contribution in [3.05, 3.63) is 41.5 Å². The van der Waals surface area contributed by atoms with Gasteiger partial charge in [-0.2, -0.15) is 9.29 Å². The Bertz CT molecular complexity index is 820. The molecule has 2 aromatic rings. The second-order valence-electron chi connectivity index (χ2n) is 7.37. The zero-order chi connectivity index (χ0) is 17.5. The van der Waals surface area contributed by atoms with Crippen molar-refractivity contribution in [2.75, 3.05) is 13.1 Å². The zero-order valence-electron chi connectivity index (χ0n) is 14.5. The third-order valence-electron chi connectivity index (χ3n) is 4.27. The maximum atomic E-state index is 12.7. The molecule has 0 spiro atoms. The zero-order valence-corrected chi connectivity index (χ0v) is 15.3. The highest BCUT2D eigenvalue weighted by molar-refractivity contribution is 7.89. The third-order valence-corrected chi connectivity index (χ3v) is 6.15. The molecule has 0 amide bonds. The van der Waals surface area contributed by atoms with Crippen LogP contribution in [-0.4, -0.2) is 36.0 Å². The highest BCUT2D eigenvalue weighted by Crippen LogP contribution is 2.31. The second kappa shape index (κ2) is 5.97. The number of rotatable bonds is 3. The lowest BCUT2D eigenvalue weighted by Crippen LogP contribution is -2.28. The second-order valence-corrected chi connectivity index (χ2v) is 9.31. The van der Waals surface area contributed by atoms with E-state index in [4.69, 9.17) is 4.52 Å². The normalized spacial score (nSPS) is 19.8. The van der Waals surface area contributed by atoms with Crippen LogP contribution >= 0.6 is 0 Å². The summed E-state index contributed by atoms with van der Waals surface area (Å²) in [5, 5.41) is 4.03. The van der Waals surface area contributed by atoms with Crippen molar-refractivity contribution in [3.8, 4) is 0 Å². The van der Waals surface area contributed by atoms with Gasteiger partial charge >= 0.3 is 0 Å². The van der Waals surface area contributed by atoms with Gasteiger partial charge < -0.3 is 4.52 Å². The van der Waals surface area contributed by atoms with Crippen LogP contribution in [0.2, 0.25) is 0 Å². The van der Waals surface area contributed by atoms with E-state index in [-0.39, 0.29) is 11.3 Å². The number of aryl methyl sites for hydroxylation is 1. The Balaban J connectivity index is 1.77. The Kier molecular flexibility index (Phi) is 4.25. The fraction of sp³-hybridized carbons (Fsp3) is 0.529. The van der Waals surface area contributed by atoms with Gasteiger partial charge in [0.25, 0.3) is 0 Å². The predicted octanol–water partition coefficient (Wildman–Crippen LogP) is 2.85. The van der Waals surface area contributed by atoms with Gasteiger partial charge in [-0.1, -0.05) is 43.6 Å². The van der Waals surface area contributed by atoms with Crippen molar-refractivity contribution in [2.45, 2.75) is 50.3 Å². The van der Waals surface area contributed by atoms with E-state index in [2.05, 4.69) is 10.1 Å². The van der Waals surface area contributed by atoms with Crippen molar-refractivity contribution < 1.29 is 12.9 Å². The summed E-state index contributed by atoms with van der Waals surface area (Å²) in [6, 6.07) is 6.94. The van der Waals surface area contributed by atoms with E-state index in [1.807, 2.05) is 39.8 Å². The van der Waals surface area contributed by atoms with E-state index >= 15 is 0 Å². The molecular weight excluding hydrogens is 326 g/mol. The Morgan fingerprint density at radius 3 is 2.46 bits per heavy atom. The molecule has 1 atom stereocenters. The molecule has 0 N–H and O–H groups in total. The minimum Gasteiger partial charge on any atom is -0.339 e. The standard InChI is InChI=1S/C17H23N3O3S/c1-12-5-7-14(8-6-12)24(21,22)20-10-9-13(11-20)15-18-16(19-23-15)17(2,3)4/h5-8,13H,9-11H2,1-4H3/t13-/m1/s1. The van der Waals surface area contributed by atoms with Gasteiger partial charge in [0.2, 0.25) is 15.9 Å². The molecule has 24 heavy (non-hydrogen) atoms. The highest BCUT2D eigenvalue weighted by atomic mass is 32.2. The summed E-state index contributed by atoms with van der Waals surface area (Å²) in [5.74, 6) is 1.13. The van der Waals surface area contributed by atoms with Crippen LogP contribution < -0.4 is 0 Å². The summed E-state index contributed by atoms with van der Waals surface area (Å²) in [6.45, 7) is 8.83. The van der Waals surface area contributed by atoms with Crippen molar-refractivity contribution in [1.29, 1.82) is 0 Å². The molecule has 6 nitrogen and oxygen atoms in total. The number of sulfonamides is 1. The van der Waals surface area contributed by atoms with Crippen LogP contribution in [0.3, 0.4) is 0 Å². The lowest BCUT2D eigenvalue weighted by Gasteiger charge is -2.16. The number of hydrogen-bond acceptors (Lipinski definition) is 5. The van der Waals surface area contributed by atoms with Crippen molar-refractivity contribution in [3.63, 3.8) is 0 Å². The fourth-order valence-corrected chi connectivity index (χ4v) is 4.21.